The number of carbonyl (C=O) groups excluding carboxylic acids is 1. The van der Waals surface area contributed by atoms with Gasteiger partial charge in [-0.2, -0.15) is 5.26 Å². The van der Waals surface area contributed by atoms with Crippen molar-refractivity contribution in [1.29, 1.82) is 5.26 Å². The van der Waals surface area contributed by atoms with Crippen LogP contribution in [0.3, 0.4) is 0 Å². The number of halogens is 1. The van der Waals surface area contributed by atoms with Crippen molar-refractivity contribution >= 4 is 11.6 Å². The van der Waals surface area contributed by atoms with Crippen LogP contribution in [0, 0.1) is 17.1 Å². The molecule has 0 heterocycles. The molecule has 2 rings (SSSR count). The van der Waals surface area contributed by atoms with Crippen LogP contribution in [0.5, 0.6) is 0 Å². The number of nitrogens with zero attached hydrogens (tertiary/aromatic N) is 1. The van der Waals surface area contributed by atoms with Gasteiger partial charge in [0.05, 0.1) is 12.5 Å². The highest BCUT2D eigenvalue weighted by molar-refractivity contribution is 6.04. The number of hydrogen-bond acceptors (Lipinski definition) is 2. The molecule has 0 spiro atoms. The predicted molar refractivity (Wildman–Crippen MR) is 70.1 cm³/mol. The topological polar surface area (TPSA) is 52.9 Å². The summed E-state index contributed by atoms with van der Waals surface area (Å²) < 4.78 is 13.0. The summed E-state index contributed by atoms with van der Waals surface area (Å²) in [4.78, 5) is 11.8. The summed E-state index contributed by atoms with van der Waals surface area (Å²) >= 11 is 0. The normalized spacial score (nSPS) is 9.68. The number of carbonyl (C=O) groups is 1. The van der Waals surface area contributed by atoms with Crippen molar-refractivity contribution in [3.05, 3.63) is 65.5 Å². The first-order valence-corrected chi connectivity index (χ1v) is 5.72. The Labute approximate surface area is 110 Å². The summed E-state index contributed by atoms with van der Waals surface area (Å²) in [5, 5.41) is 11.2. The number of hydrogen-bond donors (Lipinski definition) is 1. The molecule has 19 heavy (non-hydrogen) atoms. The molecule has 0 atom stereocenters. The monoisotopic (exact) mass is 254 g/mol. The Bertz CT molecular complexity index is 629. The molecule has 94 valence electrons. The molecule has 1 N–H and O–H groups in total. The van der Waals surface area contributed by atoms with Crippen LogP contribution in [0.4, 0.5) is 10.1 Å². The van der Waals surface area contributed by atoms with E-state index >= 15 is 0 Å². The number of rotatable bonds is 3. The molecule has 0 saturated heterocycles. The van der Waals surface area contributed by atoms with E-state index in [1.165, 1.54) is 18.2 Å². The molecule has 1 amide bonds. The smallest absolute Gasteiger partial charge is 0.255 e. The van der Waals surface area contributed by atoms with Gasteiger partial charge in [0.1, 0.15) is 5.82 Å². The van der Waals surface area contributed by atoms with Gasteiger partial charge >= 0.3 is 0 Å². The van der Waals surface area contributed by atoms with E-state index in [9.17, 15) is 9.18 Å². The summed E-state index contributed by atoms with van der Waals surface area (Å²) in [6, 6.07) is 14.5. The number of nitriles is 1. The lowest BCUT2D eigenvalue weighted by Crippen LogP contribution is -2.11. The summed E-state index contributed by atoms with van der Waals surface area (Å²) in [7, 11) is 0. The average molecular weight is 254 g/mol. The Morgan fingerprint density at radius 3 is 2.58 bits per heavy atom. The number of anilines is 1. The first-order chi connectivity index (χ1) is 9.19. The van der Waals surface area contributed by atoms with E-state index in [1.807, 2.05) is 6.07 Å². The van der Waals surface area contributed by atoms with Crippen molar-refractivity contribution in [1.82, 2.24) is 0 Å². The SMILES string of the molecule is N#CCc1ccc(NC(=O)c2cccc(F)c2)cc1. The Morgan fingerprint density at radius 2 is 1.95 bits per heavy atom. The Balaban J connectivity index is 2.09. The van der Waals surface area contributed by atoms with Gasteiger partial charge < -0.3 is 5.32 Å². The first kappa shape index (κ1) is 12.8. The molecule has 3 nitrogen and oxygen atoms in total. The second kappa shape index (κ2) is 5.78. The minimum atomic E-state index is -0.447. The van der Waals surface area contributed by atoms with Crippen molar-refractivity contribution in [2.75, 3.05) is 5.32 Å². The van der Waals surface area contributed by atoms with Gasteiger partial charge in [0.2, 0.25) is 0 Å². The third kappa shape index (κ3) is 3.39. The molecule has 0 bridgehead atoms. The third-order valence-corrected chi connectivity index (χ3v) is 2.58. The molecule has 0 radical (unpaired) electrons. The summed E-state index contributed by atoms with van der Waals surface area (Å²) in [5.74, 6) is -0.815. The van der Waals surface area contributed by atoms with Crippen molar-refractivity contribution in [3.8, 4) is 6.07 Å². The second-order valence-electron chi connectivity index (χ2n) is 4.00. The molecule has 0 unspecified atom stereocenters. The predicted octanol–water partition coefficient (Wildman–Crippen LogP) is 3.14. The van der Waals surface area contributed by atoms with Crippen LogP contribution in [0.15, 0.2) is 48.5 Å². The Hall–Kier alpha value is -2.67. The van der Waals surface area contributed by atoms with E-state index in [-0.39, 0.29) is 11.5 Å². The van der Waals surface area contributed by atoms with Gasteiger partial charge in [0.15, 0.2) is 0 Å². The molecule has 4 heteroatoms. The van der Waals surface area contributed by atoms with Crippen molar-refractivity contribution < 1.29 is 9.18 Å². The number of benzene rings is 2. The van der Waals surface area contributed by atoms with Gasteiger partial charge in [0, 0.05) is 11.3 Å². The molecule has 2 aromatic carbocycles. The fourth-order valence-corrected chi connectivity index (χ4v) is 1.63. The van der Waals surface area contributed by atoms with Gasteiger partial charge in [-0.3, -0.25) is 4.79 Å². The summed E-state index contributed by atoms with van der Waals surface area (Å²) in [6.45, 7) is 0. The molecule has 0 aliphatic carbocycles. The molecule has 2 aromatic rings. The van der Waals surface area contributed by atoms with Gasteiger partial charge in [-0.15, -0.1) is 0 Å². The minimum Gasteiger partial charge on any atom is -0.322 e. The number of nitrogens with one attached hydrogen (secondary N) is 1. The Morgan fingerprint density at radius 1 is 1.21 bits per heavy atom. The van der Waals surface area contributed by atoms with E-state index in [1.54, 1.807) is 30.3 Å². The molecular weight excluding hydrogens is 243 g/mol. The lowest BCUT2D eigenvalue weighted by molar-refractivity contribution is 0.102. The van der Waals surface area contributed by atoms with Crippen molar-refractivity contribution in [2.45, 2.75) is 6.42 Å². The van der Waals surface area contributed by atoms with Crippen LogP contribution in [0.25, 0.3) is 0 Å². The maximum absolute atomic E-state index is 13.0. The largest absolute Gasteiger partial charge is 0.322 e. The van der Waals surface area contributed by atoms with Crippen LogP contribution >= 0.6 is 0 Å². The lowest BCUT2D eigenvalue weighted by Gasteiger charge is -2.05. The van der Waals surface area contributed by atoms with E-state index in [0.717, 1.165) is 5.56 Å². The van der Waals surface area contributed by atoms with Gasteiger partial charge in [-0.1, -0.05) is 18.2 Å². The third-order valence-electron chi connectivity index (χ3n) is 2.58. The average Bonchev–Trinajstić information content (AvgIpc) is 2.41. The minimum absolute atomic E-state index is 0.265. The maximum Gasteiger partial charge on any atom is 0.255 e. The zero-order valence-electron chi connectivity index (χ0n) is 10.1. The van der Waals surface area contributed by atoms with Gasteiger partial charge in [-0.25, -0.2) is 4.39 Å². The molecule has 0 aliphatic rings. The molecular formula is C15H11FN2O. The maximum atomic E-state index is 13.0. The van der Waals surface area contributed by atoms with E-state index in [2.05, 4.69) is 5.32 Å². The second-order valence-corrected chi connectivity index (χ2v) is 4.00. The number of amides is 1. The van der Waals surface area contributed by atoms with E-state index in [0.29, 0.717) is 12.1 Å². The van der Waals surface area contributed by atoms with Crippen LogP contribution in [-0.4, -0.2) is 5.91 Å². The van der Waals surface area contributed by atoms with Gasteiger partial charge in [0.25, 0.3) is 5.91 Å². The highest BCUT2D eigenvalue weighted by atomic mass is 19.1. The molecule has 0 aromatic heterocycles. The molecule has 0 aliphatic heterocycles. The van der Waals surface area contributed by atoms with Crippen LogP contribution in [-0.2, 0) is 6.42 Å². The fourth-order valence-electron chi connectivity index (χ4n) is 1.63. The molecule has 0 fully saturated rings. The quantitative estimate of drug-likeness (QED) is 0.914. The van der Waals surface area contributed by atoms with Crippen molar-refractivity contribution in [3.63, 3.8) is 0 Å². The van der Waals surface area contributed by atoms with E-state index < -0.39 is 5.82 Å². The molecule has 0 saturated carbocycles. The standard InChI is InChI=1S/C15H11FN2O/c16-13-3-1-2-12(10-13)15(19)18-14-6-4-11(5-7-14)8-9-17/h1-7,10H,8H2,(H,18,19). The fraction of sp³-hybridized carbons (Fsp3) is 0.0667. The van der Waals surface area contributed by atoms with Crippen LogP contribution in [0.2, 0.25) is 0 Å². The summed E-state index contributed by atoms with van der Waals surface area (Å²) in [6.07, 6.45) is 0.331. The Kier molecular flexibility index (Phi) is 3.89. The van der Waals surface area contributed by atoms with Gasteiger partial charge in [-0.05, 0) is 35.9 Å². The van der Waals surface area contributed by atoms with Crippen LogP contribution < -0.4 is 5.32 Å². The summed E-state index contributed by atoms with van der Waals surface area (Å²) in [5.41, 5.74) is 1.75. The zero-order valence-corrected chi connectivity index (χ0v) is 10.1. The van der Waals surface area contributed by atoms with Crippen molar-refractivity contribution in [2.24, 2.45) is 0 Å². The first-order valence-electron chi connectivity index (χ1n) is 5.72. The van der Waals surface area contributed by atoms with E-state index in [4.69, 9.17) is 5.26 Å². The highest BCUT2D eigenvalue weighted by Gasteiger charge is 2.06. The highest BCUT2D eigenvalue weighted by Crippen LogP contribution is 2.12. The van der Waals surface area contributed by atoms with Crippen LogP contribution in [0.1, 0.15) is 15.9 Å². The zero-order chi connectivity index (χ0) is 13.7. The lowest BCUT2D eigenvalue weighted by atomic mass is 10.1.